The highest BCUT2D eigenvalue weighted by Gasteiger charge is 2.51. The van der Waals surface area contributed by atoms with Gasteiger partial charge in [0.25, 0.3) is 0 Å². The first-order valence-electron chi connectivity index (χ1n) is 9.71. The largest absolute Gasteiger partial charge is 0.466 e. The van der Waals surface area contributed by atoms with E-state index in [0.717, 1.165) is 19.3 Å². The SMILES string of the molecule is COC(=O)C1=CC(=O)CC[C@]2(C)[C@@H]([C@@H](C)C=C[C@H](C)C(C)C)CC[C@@H]12. The van der Waals surface area contributed by atoms with E-state index in [4.69, 9.17) is 4.74 Å². The van der Waals surface area contributed by atoms with E-state index in [1.54, 1.807) is 6.08 Å². The summed E-state index contributed by atoms with van der Waals surface area (Å²) in [4.78, 5) is 24.4. The van der Waals surface area contributed by atoms with Crippen molar-refractivity contribution in [1.29, 1.82) is 0 Å². The zero-order chi connectivity index (χ0) is 18.8. The molecule has 0 unspecified atom stereocenters. The van der Waals surface area contributed by atoms with E-state index in [1.165, 1.54) is 7.11 Å². The Kier molecular flexibility index (Phi) is 6.29. The minimum atomic E-state index is -0.330. The van der Waals surface area contributed by atoms with E-state index < -0.39 is 0 Å². The second-order valence-electron chi connectivity index (χ2n) is 8.65. The highest BCUT2D eigenvalue weighted by molar-refractivity contribution is 6.00. The number of hydrogen-bond donors (Lipinski definition) is 0. The zero-order valence-corrected chi connectivity index (χ0v) is 16.7. The minimum Gasteiger partial charge on any atom is -0.466 e. The minimum absolute atomic E-state index is 0.0169. The van der Waals surface area contributed by atoms with Crippen LogP contribution in [0.25, 0.3) is 0 Å². The fourth-order valence-corrected chi connectivity index (χ4v) is 4.76. The van der Waals surface area contributed by atoms with Gasteiger partial charge in [-0.3, -0.25) is 4.79 Å². The third kappa shape index (κ3) is 4.07. The third-order valence-corrected chi connectivity index (χ3v) is 6.84. The number of rotatable bonds is 5. The summed E-state index contributed by atoms with van der Waals surface area (Å²) in [5.41, 5.74) is 0.582. The van der Waals surface area contributed by atoms with Crippen LogP contribution in [0.5, 0.6) is 0 Å². The summed E-state index contributed by atoms with van der Waals surface area (Å²) in [7, 11) is 1.40. The quantitative estimate of drug-likeness (QED) is 0.522. The molecule has 0 aromatic carbocycles. The van der Waals surface area contributed by atoms with Gasteiger partial charge in [0, 0.05) is 12.0 Å². The average molecular weight is 347 g/mol. The fourth-order valence-electron chi connectivity index (χ4n) is 4.76. The highest BCUT2D eigenvalue weighted by Crippen LogP contribution is 2.57. The van der Waals surface area contributed by atoms with Crippen LogP contribution in [0.4, 0.5) is 0 Å². The molecule has 0 aliphatic heterocycles. The Morgan fingerprint density at radius 1 is 1.24 bits per heavy atom. The molecular formula is C22H34O3. The molecule has 3 nitrogen and oxygen atoms in total. The second-order valence-corrected chi connectivity index (χ2v) is 8.65. The maximum absolute atomic E-state index is 12.3. The van der Waals surface area contributed by atoms with Gasteiger partial charge < -0.3 is 4.74 Å². The third-order valence-electron chi connectivity index (χ3n) is 6.84. The summed E-state index contributed by atoms with van der Waals surface area (Å²) < 4.78 is 4.97. The van der Waals surface area contributed by atoms with Crippen LogP contribution in [0.1, 0.15) is 60.3 Å². The van der Waals surface area contributed by atoms with Crippen LogP contribution < -0.4 is 0 Å². The number of carbonyl (C=O) groups is 2. The Balaban J connectivity index is 2.26. The topological polar surface area (TPSA) is 43.4 Å². The molecule has 0 aromatic heterocycles. The average Bonchev–Trinajstić information content (AvgIpc) is 2.85. The van der Waals surface area contributed by atoms with Gasteiger partial charge in [-0.05, 0) is 60.3 Å². The molecule has 0 bridgehead atoms. The van der Waals surface area contributed by atoms with Gasteiger partial charge in [-0.25, -0.2) is 4.79 Å². The van der Waals surface area contributed by atoms with E-state index in [9.17, 15) is 9.59 Å². The lowest BCUT2D eigenvalue weighted by Gasteiger charge is -2.39. The summed E-state index contributed by atoms with van der Waals surface area (Å²) in [6.45, 7) is 11.3. The molecule has 0 N–H and O–H groups in total. The Bertz CT molecular complexity index is 572. The van der Waals surface area contributed by atoms with E-state index >= 15 is 0 Å². The van der Waals surface area contributed by atoms with Gasteiger partial charge in [0.1, 0.15) is 0 Å². The van der Waals surface area contributed by atoms with Gasteiger partial charge in [-0.1, -0.05) is 46.8 Å². The van der Waals surface area contributed by atoms with E-state index in [1.807, 2.05) is 0 Å². The predicted octanol–water partition coefficient (Wildman–Crippen LogP) is 4.97. The number of ketones is 1. The van der Waals surface area contributed by atoms with Crippen LogP contribution in [-0.2, 0) is 14.3 Å². The standard InChI is InChI=1S/C22H34O3/c1-14(2)15(3)7-8-16(4)19-9-10-20-18(21(24)25-6)13-17(23)11-12-22(19,20)5/h7-8,13-16,19-20H,9-12H2,1-6H3/t15-,16-,19+,20-,22+/m0/s1. The molecule has 3 heteroatoms. The van der Waals surface area contributed by atoms with Gasteiger partial charge in [-0.2, -0.15) is 0 Å². The Morgan fingerprint density at radius 3 is 2.52 bits per heavy atom. The van der Waals surface area contributed by atoms with Crippen LogP contribution >= 0.6 is 0 Å². The number of esters is 1. The number of allylic oxidation sites excluding steroid dienone is 3. The van der Waals surface area contributed by atoms with Crippen LogP contribution in [0.2, 0.25) is 0 Å². The van der Waals surface area contributed by atoms with Gasteiger partial charge in [-0.15, -0.1) is 0 Å². The molecule has 0 radical (unpaired) electrons. The van der Waals surface area contributed by atoms with E-state index in [2.05, 4.69) is 46.8 Å². The predicted molar refractivity (Wildman–Crippen MR) is 101 cm³/mol. The van der Waals surface area contributed by atoms with Crippen molar-refractivity contribution in [1.82, 2.24) is 0 Å². The molecule has 5 atom stereocenters. The first-order valence-corrected chi connectivity index (χ1v) is 9.71. The summed E-state index contributed by atoms with van der Waals surface area (Å²) in [5, 5.41) is 0. The highest BCUT2D eigenvalue weighted by atomic mass is 16.5. The number of carbonyl (C=O) groups excluding carboxylic acids is 2. The molecule has 0 spiro atoms. The fraction of sp³-hybridized carbons (Fsp3) is 0.727. The van der Waals surface area contributed by atoms with Crippen LogP contribution in [0.15, 0.2) is 23.8 Å². The lowest BCUT2D eigenvalue weighted by atomic mass is 9.65. The summed E-state index contributed by atoms with van der Waals surface area (Å²) >= 11 is 0. The normalized spacial score (nSPS) is 32.3. The van der Waals surface area contributed by atoms with E-state index in [-0.39, 0.29) is 23.1 Å². The van der Waals surface area contributed by atoms with Crippen molar-refractivity contribution in [3.63, 3.8) is 0 Å². The van der Waals surface area contributed by atoms with Crippen molar-refractivity contribution in [2.45, 2.75) is 60.3 Å². The monoisotopic (exact) mass is 346 g/mol. The maximum atomic E-state index is 12.3. The van der Waals surface area contributed by atoms with Crippen LogP contribution in [0, 0.1) is 35.0 Å². The number of hydrogen-bond acceptors (Lipinski definition) is 3. The molecular weight excluding hydrogens is 312 g/mol. The Hall–Kier alpha value is -1.38. The molecule has 2 aliphatic rings. The molecule has 140 valence electrons. The molecule has 0 heterocycles. The van der Waals surface area contributed by atoms with Crippen LogP contribution in [0.3, 0.4) is 0 Å². The lowest BCUT2D eigenvalue weighted by molar-refractivity contribution is -0.137. The molecule has 0 saturated heterocycles. The summed E-state index contributed by atoms with van der Waals surface area (Å²) in [6, 6.07) is 0. The Labute approximate surface area is 152 Å². The van der Waals surface area contributed by atoms with Gasteiger partial charge in [0.05, 0.1) is 7.11 Å². The van der Waals surface area contributed by atoms with Crippen molar-refractivity contribution in [3.8, 4) is 0 Å². The first-order chi connectivity index (χ1) is 11.7. The van der Waals surface area contributed by atoms with Gasteiger partial charge >= 0.3 is 5.97 Å². The summed E-state index contributed by atoms with van der Waals surface area (Å²) in [6.07, 6.45) is 9.71. The molecule has 2 rings (SSSR count). The number of ether oxygens (including phenoxy) is 1. The lowest BCUT2D eigenvalue weighted by Crippen LogP contribution is -2.34. The molecule has 1 saturated carbocycles. The van der Waals surface area contributed by atoms with Gasteiger partial charge in [0.2, 0.25) is 0 Å². The van der Waals surface area contributed by atoms with Crippen molar-refractivity contribution < 1.29 is 14.3 Å². The van der Waals surface area contributed by atoms with Crippen molar-refractivity contribution in [2.75, 3.05) is 7.11 Å². The molecule has 0 amide bonds. The maximum Gasteiger partial charge on any atom is 0.334 e. The zero-order valence-electron chi connectivity index (χ0n) is 16.7. The Morgan fingerprint density at radius 2 is 1.92 bits per heavy atom. The molecule has 1 fully saturated rings. The molecule has 0 aromatic rings. The number of methoxy groups -OCH3 is 1. The van der Waals surface area contributed by atoms with Crippen molar-refractivity contribution >= 4 is 11.8 Å². The molecule has 2 aliphatic carbocycles. The smallest absolute Gasteiger partial charge is 0.334 e. The van der Waals surface area contributed by atoms with Crippen LogP contribution in [-0.4, -0.2) is 18.9 Å². The van der Waals surface area contributed by atoms with E-state index in [0.29, 0.717) is 35.7 Å². The molecule has 25 heavy (non-hydrogen) atoms. The number of fused-ring (bicyclic) bond motifs is 1. The van der Waals surface area contributed by atoms with Crippen molar-refractivity contribution in [2.24, 2.45) is 35.0 Å². The first kappa shape index (κ1) is 19.9. The second kappa shape index (κ2) is 7.88. The summed E-state index contributed by atoms with van der Waals surface area (Å²) in [5.74, 6) is 2.01. The van der Waals surface area contributed by atoms with Gasteiger partial charge in [0.15, 0.2) is 5.78 Å². The van der Waals surface area contributed by atoms with Crippen molar-refractivity contribution in [3.05, 3.63) is 23.8 Å².